The zero-order chi connectivity index (χ0) is 8.43. The number of carbonyl (C=O) groups is 1. The van der Waals surface area contributed by atoms with E-state index in [4.69, 9.17) is 9.52 Å². The summed E-state index contributed by atoms with van der Waals surface area (Å²) in [5.41, 5.74) is 0.216. The normalized spacial score (nSPS) is 10.5. The highest BCUT2D eigenvalue weighted by Crippen LogP contribution is 2.17. The average molecular weight is 154 g/mol. The van der Waals surface area contributed by atoms with Gasteiger partial charge in [-0.1, -0.05) is 13.8 Å². The summed E-state index contributed by atoms with van der Waals surface area (Å²) in [6.45, 7) is 3.90. The third-order valence-corrected chi connectivity index (χ3v) is 1.44. The van der Waals surface area contributed by atoms with Gasteiger partial charge < -0.3 is 9.52 Å². The van der Waals surface area contributed by atoms with E-state index in [2.05, 4.69) is 0 Å². The standard InChI is InChI=1S/C8H10O3/c1-5(2)7-3-6(4-11-7)8(9)10/h3-5H,1-2H3,(H,9,10). The average Bonchev–Trinajstić information content (AvgIpc) is 2.33. The van der Waals surface area contributed by atoms with Gasteiger partial charge in [0, 0.05) is 5.92 Å². The molecule has 60 valence electrons. The molecule has 0 aliphatic rings. The molecule has 0 spiro atoms. The van der Waals surface area contributed by atoms with E-state index in [0.717, 1.165) is 0 Å². The van der Waals surface area contributed by atoms with Crippen LogP contribution in [0.4, 0.5) is 0 Å². The van der Waals surface area contributed by atoms with Gasteiger partial charge in [-0.25, -0.2) is 4.79 Å². The molecule has 3 nitrogen and oxygen atoms in total. The van der Waals surface area contributed by atoms with Crippen molar-refractivity contribution < 1.29 is 14.3 Å². The molecule has 0 atom stereocenters. The Morgan fingerprint density at radius 2 is 2.27 bits per heavy atom. The number of furan rings is 1. The Kier molecular flexibility index (Phi) is 1.98. The molecule has 0 saturated carbocycles. The van der Waals surface area contributed by atoms with Gasteiger partial charge in [-0.2, -0.15) is 0 Å². The fourth-order valence-electron chi connectivity index (χ4n) is 0.768. The lowest BCUT2D eigenvalue weighted by Gasteiger charge is -1.95. The lowest BCUT2D eigenvalue weighted by Crippen LogP contribution is -1.92. The van der Waals surface area contributed by atoms with Crippen molar-refractivity contribution in [1.29, 1.82) is 0 Å². The lowest BCUT2D eigenvalue weighted by molar-refractivity contribution is 0.0696. The Morgan fingerprint density at radius 1 is 1.64 bits per heavy atom. The second-order valence-corrected chi connectivity index (χ2v) is 2.70. The fourth-order valence-corrected chi connectivity index (χ4v) is 0.768. The minimum atomic E-state index is -0.944. The minimum Gasteiger partial charge on any atom is -0.478 e. The second kappa shape index (κ2) is 2.78. The molecule has 11 heavy (non-hydrogen) atoms. The molecule has 0 aliphatic heterocycles. The maximum Gasteiger partial charge on any atom is 0.338 e. The summed E-state index contributed by atoms with van der Waals surface area (Å²) in [6.07, 6.45) is 1.26. The molecule has 0 radical (unpaired) electrons. The highest BCUT2D eigenvalue weighted by Gasteiger charge is 2.09. The Hall–Kier alpha value is -1.25. The highest BCUT2D eigenvalue weighted by molar-refractivity contribution is 5.87. The van der Waals surface area contributed by atoms with Crippen molar-refractivity contribution in [2.45, 2.75) is 19.8 Å². The van der Waals surface area contributed by atoms with Crippen molar-refractivity contribution in [3.05, 3.63) is 23.7 Å². The van der Waals surface area contributed by atoms with E-state index in [1.807, 2.05) is 13.8 Å². The van der Waals surface area contributed by atoms with Gasteiger partial charge in [-0.3, -0.25) is 0 Å². The van der Waals surface area contributed by atoms with Gasteiger partial charge in [0.25, 0.3) is 0 Å². The van der Waals surface area contributed by atoms with Crippen LogP contribution in [-0.4, -0.2) is 11.1 Å². The maximum absolute atomic E-state index is 10.4. The van der Waals surface area contributed by atoms with E-state index >= 15 is 0 Å². The van der Waals surface area contributed by atoms with Crippen LogP contribution in [0.15, 0.2) is 16.7 Å². The predicted molar refractivity (Wildman–Crippen MR) is 39.8 cm³/mol. The molecule has 1 N–H and O–H groups in total. The van der Waals surface area contributed by atoms with Crippen LogP contribution >= 0.6 is 0 Å². The summed E-state index contributed by atoms with van der Waals surface area (Å²) < 4.78 is 5.01. The highest BCUT2D eigenvalue weighted by atomic mass is 16.4. The Bertz CT molecular complexity index is 260. The molecule has 1 aromatic heterocycles. The van der Waals surface area contributed by atoms with Gasteiger partial charge in [0.05, 0.1) is 5.56 Å². The second-order valence-electron chi connectivity index (χ2n) is 2.70. The van der Waals surface area contributed by atoms with E-state index in [1.54, 1.807) is 6.07 Å². The Balaban J connectivity index is 2.90. The van der Waals surface area contributed by atoms with Crippen LogP contribution in [-0.2, 0) is 0 Å². The van der Waals surface area contributed by atoms with Gasteiger partial charge in [0.1, 0.15) is 12.0 Å². The van der Waals surface area contributed by atoms with Gasteiger partial charge >= 0.3 is 5.97 Å². The van der Waals surface area contributed by atoms with E-state index in [0.29, 0.717) is 5.76 Å². The first-order valence-electron chi connectivity index (χ1n) is 3.43. The molecule has 0 bridgehead atoms. The monoisotopic (exact) mass is 154 g/mol. The number of hydrogen-bond acceptors (Lipinski definition) is 2. The van der Waals surface area contributed by atoms with Crippen molar-refractivity contribution in [2.24, 2.45) is 0 Å². The van der Waals surface area contributed by atoms with Gasteiger partial charge in [-0.05, 0) is 6.07 Å². The van der Waals surface area contributed by atoms with E-state index in [1.165, 1.54) is 6.26 Å². The Labute approximate surface area is 64.6 Å². The molecule has 1 rings (SSSR count). The van der Waals surface area contributed by atoms with Crippen LogP contribution in [0.2, 0.25) is 0 Å². The maximum atomic E-state index is 10.4. The SMILES string of the molecule is CC(C)c1cc(C(=O)O)co1. The number of rotatable bonds is 2. The zero-order valence-electron chi connectivity index (χ0n) is 6.50. The first-order valence-corrected chi connectivity index (χ1v) is 3.43. The largest absolute Gasteiger partial charge is 0.478 e. The molecule has 0 aromatic carbocycles. The molecule has 3 heteroatoms. The van der Waals surface area contributed by atoms with E-state index in [9.17, 15) is 4.79 Å². The summed E-state index contributed by atoms with van der Waals surface area (Å²) in [5.74, 6) is 0.00569. The summed E-state index contributed by atoms with van der Waals surface area (Å²) >= 11 is 0. The van der Waals surface area contributed by atoms with Gasteiger partial charge in [-0.15, -0.1) is 0 Å². The number of hydrogen-bond donors (Lipinski definition) is 1. The van der Waals surface area contributed by atoms with Crippen LogP contribution < -0.4 is 0 Å². The molecule has 1 aromatic rings. The van der Waals surface area contributed by atoms with Crippen LogP contribution in [0.25, 0.3) is 0 Å². The Morgan fingerprint density at radius 3 is 2.55 bits per heavy atom. The van der Waals surface area contributed by atoms with Crippen LogP contribution in [0, 0.1) is 0 Å². The topological polar surface area (TPSA) is 50.4 Å². The van der Waals surface area contributed by atoms with Crippen LogP contribution in [0.5, 0.6) is 0 Å². The smallest absolute Gasteiger partial charge is 0.338 e. The quantitative estimate of drug-likeness (QED) is 0.709. The van der Waals surface area contributed by atoms with E-state index < -0.39 is 5.97 Å². The minimum absolute atomic E-state index is 0.216. The van der Waals surface area contributed by atoms with Crippen molar-refractivity contribution in [3.8, 4) is 0 Å². The zero-order valence-corrected chi connectivity index (χ0v) is 6.50. The summed E-state index contributed by atoms with van der Waals surface area (Å²) in [6, 6.07) is 1.55. The van der Waals surface area contributed by atoms with Crippen molar-refractivity contribution in [2.75, 3.05) is 0 Å². The molecular weight excluding hydrogens is 144 g/mol. The van der Waals surface area contributed by atoms with E-state index in [-0.39, 0.29) is 11.5 Å². The molecule has 0 saturated heterocycles. The number of carboxylic acid groups (broad SMARTS) is 1. The first-order chi connectivity index (χ1) is 5.11. The molecule has 0 aliphatic carbocycles. The molecule has 0 amide bonds. The molecule has 1 heterocycles. The molecular formula is C8H10O3. The summed E-state index contributed by atoms with van der Waals surface area (Å²) in [5, 5.41) is 8.52. The molecule has 0 fully saturated rings. The predicted octanol–water partition coefficient (Wildman–Crippen LogP) is 2.10. The number of aromatic carboxylic acids is 1. The van der Waals surface area contributed by atoms with Crippen molar-refractivity contribution in [3.63, 3.8) is 0 Å². The van der Waals surface area contributed by atoms with Gasteiger partial charge in [0.15, 0.2) is 0 Å². The third kappa shape index (κ3) is 1.61. The van der Waals surface area contributed by atoms with Crippen molar-refractivity contribution >= 4 is 5.97 Å². The lowest BCUT2D eigenvalue weighted by atomic mass is 10.1. The summed E-state index contributed by atoms with van der Waals surface area (Å²) in [7, 11) is 0. The summed E-state index contributed by atoms with van der Waals surface area (Å²) in [4.78, 5) is 10.4. The molecule has 0 unspecified atom stereocenters. The number of carboxylic acids is 1. The fraction of sp³-hybridized carbons (Fsp3) is 0.375. The first kappa shape index (κ1) is 7.85. The third-order valence-electron chi connectivity index (χ3n) is 1.44. The van der Waals surface area contributed by atoms with Crippen molar-refractivity contribution in [1.82, 2.24) is 0 Å². The van der Waals surface area contributed by atoms with Crippen LogP contribution in [0.3, 0.4) is 0 Å². The van der Waals surface area contributed by atoms with Crippen LogP contribution in [0.1, 0.15) is 35.9 Å². The van der Waals surface area contributed by atoms with Gasteiger partial charge in [0.2, 0.25) is 0 Å².